The average Bonchev–Trinajstić information content (AvgIpc) is 2.33. The van der Waals surface area contributed by atoms with Gasteiger partial charge < -0.3 is 5.84 Å². The van der Waals surface area contributed by atoms with E-state index in [1.807, 2.05) is 60.7 Å². The van der Waals surface area contributed by atoms with Gasteiger partial charge in [0.1, 0.15) is 0 Å². The highest BCUT2D eigenvalue weighted by atomic mass is 16.1. The minimum absolute atomic E-state index is 0.816. The lowest BCUT2D eigenvalue weighted by Gasteiger charge is -2.04. The molecular formula is C13H12N2. The molecule has 0 spiro atoms. The maximum absolute atomic E-state index is 5.42. The number of nitrogens with two attached hydrogens (primary N) is 1. The van der Waals surface area contributed by atoms with Crippen LogP contribution < -0.4 is 5.84 Å². The summed E-state index contributed by atoms with van der Waals surface area (Å²) >= 11 is 0. The molecule has 0 radical (unpaired) electrons. The van der Waals surface area contributed by atoms with Crippen molar-refractivity contribution in [1.82, 2.24) is 0 Å². The Kier molecular flexibility index (Phi) is 2.79. The van der Waals surface area contributed by atoms with Crippen LogP contribution in [-0.4, -0.2) is 5.71 Å². The summed E-state index contributed by atoms with van der Waals surface area (Å²) in [5.74, 6) is 5.42. The van der Waals surface area contributed by atoms with Gasteiger partial charge in [-0.2, -0.15) is 5.10 Å². The van der Waals surface area contributed by atoms with Gasteiger partial charge in [0, 0.05) is 11.1 Å². The summed E-state index contributed by atoms with van der Waals surface area (Å²) < 4.78 is 0. The van der Waals surface area contributed by atoms with Gasteiger partial charge in [0.15, 0.2) is 0 Å². The van der Waals surface area contributed by atoms with Gasteiger partial charge in [0.05, 0.1) is 5.71 Å². The molecule has 0 aliphatic heterocycles. The number of benzene rings is 2. The third kappa shape index (κ3) is 2.05. The van der Waals surface area contributed by atoms with Crippen LogP contribution in [0.15, 0.2) is 65.8 Å². The molecule has 0 unspecified atom stereocenters. The molecule has 2 heteroatoms. The number of hydrazone groups is 1. The first-order valence-corrected chi connectivity index (χ1v) is 4.80. The summed E-state index contributed by atoms with van der Waals surface area (Å²) in [6.45, 7) is 0. The number of hydrogen-bond donors (Lipinski definition) is 1. The Bertz CT molecular complexity index is 405. The van der Waals surface area contributed by atoms with Gasteiger partial charge in [0.25, 0.3) is 0 Å². The first-order chi connectivity index (χ1) is 7.42. The molecule has 2 rings (SSSR count). The van der Waals surface area contributed by atoms with Crippen LogP contribution in [0.2, 0.25) is 0 Å². The molecule has 0 heterocycles. The summed E-state index contributed by atoms with van der Waals surface area (Å²) in [6.07, 6.45) is 0. The lowest BCUT2D eigenvalue weighted by atomic mass is 10.0. The zero-order chi connectivity index (χ0) is 10.5. The fourth-order valence-corrected chi connectivity index (χ4v) is 1.51. The molecule has 2 aromatic carbocycles. The Morgan fingerprint density at radius 1 is 0.733 bits per heavy atom. The standard InChI is InChI=1S/C13H12N2/c14-15-13(11-7-3-1-4-8-11)12-9-5-2-6-10-12/h1-10H,14H2/i14+1,15+1. The van der Waals surface area contributed by atoms with Gasteiger partial charge >= 0.3 is 0 Å². The first-order valence-electron chi connectivity index (χ1n) is 4.80. The largest absolute Gasteiger partial charge is 0.323 e. The molecule has 0 aliphatic carbocycles. The molecule has 0 aliphatic rings. The van der Waals surface area contributed by atoms with Crippen molar-refractivity contribution in [3.8, 4) is 0 Å². The van der Waals surface area contributed by atoms with E-state index in [-0.39, 0.29) is 0 Å². The molecule has 0 aromatic heterocycles. The van der Waals surface area contributed by atoms with E-state index < -0.39 is 0 Å². The molecule has 74 valence electrons. The van der Waals surface area contributed by atoms with Crippen LogP contribution in [0.3, 0.4) is 0 Å². The van der Waals surface area contributed by atoms with E-state index in [1.165, 1.54) is 0 Å². The lowest BCUT2D eigenvalue weighted by Crippen LogP contribution is -2.05. The quantitative estimate of drug-likeness (QED) is 0.342. The highest BCUT2D eigenvalue weighted by molar-refractivity contribution is 6.12. The van der Waals surface area contributed by atoms with Gasteiger partial charge in [-0.1, -0.05) is 60.7 Å². The van der Waals surface area contributed by atoms with Crippen LogP contribution >= 0.6 is 0 Å². The fraction of sp³-hybridized carbons (Fsp3) is 0. The van der Waals surface area contributed by atoms with Gasteiger partial charge in [-0.25, -0.2) is 0 Å². The summed E-state index contributed by atoms with van der Waals surface area (Å²) in [5.41, 5.74) is 2.88. The van der Waals surface area contributed by atoms with Crippen LogP contribution in [0.5, 0.6) is 0 Å². The molecular weight excluding hydrogens is 186 g/mol. The average molecular weight is 198 g/mol. The van der Waals surface area contributed by atoms with E-state index in [2.05, 4.69) is 5.10 Å². The zero-order valence-corrected chi connectivity index (χ0v) is 8.30. The van der Waals surface area contributed by atoms with Crippen LogP contribution in [0.1, 0.15) is 11.1 Å². The molecule has 0 atom stereocenters. The van der Waals surface area contributed by atoms with E-state index >= 15 is 0 Å². The summed E-state index contributed by atoms with van der Waals surface area (Å²) in [4.78, 5) is 0. The van der Waals surface area contributed by atoms with E-state index in [9.17, 15) is 0 Å². The third-order valence-electron chi connectivity index (χ3n) is 2.22. The third-order valence-corrected chi connectivity index (χ3v) is 2.22. The maximum Gasteiger partial charge on any atom is 0.0971 e. The SMILES string of the molecule is [15NH2][15N]=C(c1ccccc1)c1ccccc1. The van der Waals surface area contributed by atoms with Crippen molar-refractivity contribution in [2.75, 3.05) is 0 Å². The molecule has 0 fully saturated rings. The van der Waals surface area contributed by atoms with Crippen molar-refractivity contribution in [2.24, 2.45) is 10.9 Å². The van der Waals surface area contributed by atoms with Crippen molar-refractivity contribution < 1.29 is 0 Å². The van der Waals surface area contributed by atoms with Crippen LogP contribution in [0, 0.1) is 0 Å². The monoisotopic (exact) mass is 198 g/mol. The van der Waals surface area contributed by atoms with E-state index in [0.29, 0.717) is 0 Å². The second-order valence-electron chi connectivity index (χ2n) is 3.21. The second-order valence-corrected chi connectivity index (χ2v) is 3.21. The van der Waals surface area contributed by atoms with Gasteiger partial charge in [-0.15, -0.1) is 0 Å². The Hall–Kier alpha value is -2.09. The number of nitrogens with zero attached hydrogens (tertiary/aromatic N) is 1. The van der Waals surface area contributed by atoms with E-state index in [0.717, 1.165) is 16.8 Å². The Labute approximate surface area is 89.1 Å². The van der Waals surface area contributed by atoms with E-state index in [1.54, 1.807) is 0 Å². The predicted octanol–water partition coefficient (Wildman–Crippen LogP) is 2.40. The van der Waals surface area contributed by atoms with Crippen LogP contribution in [-0.2, 0) is 0 Å². The normalized spacial score (nSPS) is 9.60. The second kappa shape index (κ2) is 4.42. The topological polar surface area (TPSA) is 38.4 Å². The molecule has 15 heavy (non-hydrogen) atoms. The van der Waals surface area contributed by atoms with Gasteiger partial charge in [-0.05, 0) is 0 Å². The summed E-state index contributed by atoms with van der Waals surface area (Å²) in [7, 11) is 0. The van der Waals surface area contributed by atoms with Crippen molar-refractivity contribution in [3.05, 3.63) is 71.8 Å². The summed E-state index contributed by atoms with van der Waals surface area (Å²) in [5, 5.41) is 3.85. The number of hydrogen-bond acceptors (Lipinski definition) is 2. The maximum atomic E-state index is 5.42. The van der Waals surface area contributed by atoms with Crippen molar-refractivity contribution >= 4 is 5.71 Å². The molecule has 2 N–H and O–H groups in total. The molecule has 0 amide bonds. The minimum Gasteiger partial charge on any atom is -0.323 e. The Morgan fingerprint density at radius 3 is 1.47 bits per heavy atom. The van der Waals surface area contributed by atoms with Gasteiger partial charge in [-0.3, -0.25) is 0 Å². The fourth-order valence-electron chi connectivity index (χ4n) is 1.51. The highest BCUT2D eigenvalue weighted by Crippen LogP contribution is 2.09. The Morgan fingerprint density at radius 2 is 1.13 bits per heavy atom. The molecule has 2 aromatic rings. The molecule has 0 saturated carbocycles. The van der Waals surface area contributed by atoms with Crippen molar-refractivity contribution in [2.45, 2.75) is 0 Å². The Balaban J connectivity index is 2.44. The number of rotatable bonds is 2. The summed E-state index contributed by atoms with van der Waals surface area (Å²) in [6, 6.07) is 19.8. The van der Waals surface area contributed by atoms with E-state index in [4.69, 9.17) is 5.84 Å². The lowest BCUT2D eigenvalue weighted by molar-refractivity contribution is 1.24. The minimum atomic E-state index is 0.816. The first kappa shape index (κ1) is 9.46. The van der Waals surface area contributed by atoms with Crippen LogP contribution in [0.4, 0.5) is 0 Å². The van der Waals surface area contributed by atoms with Gasteiger partial charge in [0.2, 0.25) is 0 Å². The van der Waals surface area contributed by atoms with Crippen molar-refractivity contribution in [1.29, 1.82) is 0 Å². The zero-order valence-electron chi connectivity index (χ0n) is 8.30. The highest BCUT2D eigenvalue weighted by Gasteiger charge is 2.04. The van der Waals surface area contributed by atoms with Crippen molar-refractivity contribution in [3.63, 3.8) is 0 Å². The smallest absolute Gasteiger partial charge is 0.0971 e. The predicted molar refractivity (Wildman–Crippen MR) is 62.7 cm³/mol. The molecule has 0 bridgehead atoms. The molecule has 2 nitrogen and oxygen atoms in total. The van der Waals surface area contributed by atoms with Crippen LogP contribution in [0.25, 0.3) is 0 Å². The molecule has 0 saturated heterocycles.